The molecule has 2 rings (SSSR count). The number of ether oxygens (including phenoxy) is 1. The third-order valence-corrected chi connectivity index (χ3v) is 4.16. The SMILES string of the molecule is CC(C)COC(=O)N[C@@H](Cc1cccc(NC(=O)c2ccccc2N=C(N)N)c1)C(=O)O. The number of aliphatic carboxylic acids is 1. The van der Waals surface area contributed by atoms with E-state index in [4.69, 9.17) is 16.2 Å². The fourth-order valence-electron chi connectivity index (χ4n) is 2.74. The molecule has 0 aromatic heterocycles. The van der Waals surface area contributed by atoms with Crippen LogP contribution < -0.4 is 22.1 Å². The second-order valence-corrected chi connectivity index (χ2v) is 7.44. The van der Waals surface area contributed by atoms with Crippen molar-refractivity contribution < 1.29 is 24.2 Å². The van der Waals surface area contributed by atoms with Gasteiger partial charge < -0.3 is 31.9 Å². The number of carbonyl (C=O) groups excluding carboxylic acids is 2. The molecule has 0 aliphatic carbocycles. The number of aliphatic imine (C=N–C) groups is 1. The highest BCUT2D eigenvalue weighted by molar-refractivity contribution is 6.08. The fraction of sp³-hybridized carbons (Fsp3) is 0.273. The van der Waals surface area contributed by atoms with Gasteiger partial charge in [-0.3, -0.25) is 4.79 Å². The summed E-state index contributed by atoms with van der Waals surface area (Å²) in [5, 5.41) is 14.5. The number of alkyl carbamates (subject to hydrolysis) is 1. The van der Waals surface area contributed by atoms with Gasteiger partial charge in [-0.25, -0.2) is 14.6 Å². The Bertz CT molecular complexity index is 1000. The average molecular weight is 441 g/mol. The van der Waals surface area contributed by atoms with Crippen LogP contribution in [0.5, 0.6) is 0 Å². The topological polar surface area (TPSA) is 169 Å². The predicted octanol–water partition coefficient (Wildman–Crippen LogP) is 2.22. The molecule has 10 nitrogen and oxygen atoms in total. The average Bonchev–Trinajstić information content (AvgIpc) is 2.72. The first kappa shape index (κ1) is 24.2. The number of hydrogen-bond acceptors (Lipinski definition) is 5. The van der Waals surface area contributed by atoms with Crippen LogP contribution in [0.2, 0.25) is 0 Å². The molecule has 2 amide bonds. The molecule has 0 saturated heterocycles. The Hall–Kier alpha value is -4.08. The number of amides is 2. The largest absolute Gasteiger partial charge is 0.480 e. The summed E-state index contributed by atoms with van der Waals surface area (Å²) >= 11 is 0. The standard InChI is InChI=1S/C22H27N5O5/c1-13(2)12-32-22(31)27-18(20(29)30)11-14-6-5-7-15(10-14)25-19(28)16-8-3-4-9-17(16)26-21(23)24/h3-10,13,18H,11-12H2,1-2H3,(H,25,28)(H,27,31)(H,29,30)(H4,23,24,26)/t18-/m0/s1. The summed E-state index contributed by atoms with van der Waals surface area (Å²) < 4.78 is 4.99. The Kier molecular flexibility index (Phi) is 8.58. The van der Waals surface area contributed by atoms with Crippen LogP contribution in [0.4, 0.5) is 16.2 Å². The first-order chi connectivity index (χ1) is 15.2. The van der Waals surface area contributed by atoms with Crippen LogP contribution in [0.15, 0.2) is 53.5 Å². The lowest BCUT2D eigenvalue weighted by Crippen LogP contribution is -2.42. The van der Waals surface area contributed by atoms with Crippen LogP contribution in [0, 0.1) is 5.92 Å². The van der Waals surface area contributed by atoms with Crippen molar-refractivity contribution in [3.8, 4) is 0 Å². The van der Waals surface area contributed by atoms with E-state index in [1.54, 1.807) is 48.5 Å². The molecule has 0 unspecified atom stereocenters. The number of carboxylic acid groups (broad SMARTS) is 1. The van der Waals surface area contributed by atoms with E-state index in [0.717, 1.165) is 0 Å². The van der Waals surface area contributed by atoms with E-state index < -0.39 is 24.0 Å². The third kappa shape index (κ3) is 7.63. The lowest BCUT2D eigenvalue weighted by Gasteiger charge is -2.16. The summed E-state index contributed by atoms with van der Waals surface area (Å²) in [7, 11) is 0. The summed E-state index contributed by atoms with van der Waals surface area (Å²) in [6.07, 6.45) is -0.799. The van der Waals surface area contributed by atoms with Crippen LogP contribution in [-0.2, 0) is 16.0 Å². The summed E-state index contributed by atoms with van der Waals surface area (Å²) in [4.78, 5) is 40.1. The molecule has 0 aliphatic heterocycles. The van der Waals surface area contributed by atoms with Crippen molar-refractivity contribution in [2.24, 2.45) is 22.4 Å². The summed E-state index contributed by atoms with van der Waals surface area (Å²) in [5.41, 5.74) is 12.4. The zero-order chi connectivity index (χ0) is 23.7. The highest BCUT2D eigenvalue weighted by atomic mass is 16.5. The zero-order valence-corrected chi connectivity index (χ0v) is 17.9. The molecular weight excluding hydrogens is 414 g/mol. The normalized spacial score (nSPS) is 11.3. The molecule has 2 aromatic carbocycles. The Morgan fingerprint density at radius 2 is 1.81 bits per heavy atom. The van der Waals surface area contributed by atoms with Crippen molar-refractivity contribution in [2.75, 3.05) is 11.9 Å². The van der Waals surface area contributed by atoms with E-state index in [1.807, 2.05) is 13.8 Å². The van der Waals surface area contributed by atoms with Gasteiger partial charge in [-0.05, 0) is 35.7 Å². The molecule has 0 spiro atoms. The molecule has 0 radical (unpaired) electrons. The quantitative estimate of drug-likeness (QED) is 0.293. The maximum Gasteiger partial charge on any atom is 0.407 e. The Labute approximate surface area is 185 Å². The smallest absolute Gasteiger partial charge is 0.407 e. The lowest BCUT2D eigenvalue weighted by molar-refractivity contribution is -0.139. The molecule has 7 N–H and O–H groups in total. The van der Waals surface area contributed by atoms with E-state index in [2.05, 4.69) is 15.6 Å². The molecule has 0 bridgehead atoms. The van der Waals surface area contributed by atoms with Crippen molar-refractivity contribution in [1.29, 1.82) is 0 Å². The minimum Gasteiger partial charge on any atom is -0.480 e. The molecule has 10 heteroatoms. The van der Waals surface area contributed by atoms with Gasteiger partial charge >= 0.3 is 12.1 Å². The van der Waals surface area contributed by atoms with E-state index in [1.165, 1.54) is 0 Å². The number of para-hydroxylation sites is 1. The fourth-order valence-corrected chi connectivity index (χ4v) is 2.74. The monoisotopic (exact) mass is 441 g/mol. The van der Waals surface area contributed by atoms with Gasteiger partial charge in [0.05, 0.1) is 17.9 Å². The van der Waals surface area contributed by atoms with Gasteiger partial charge in [0.25, 0.3) is 5.91 Å². The number of nitrogens with one attached hydrogen (secondary N) is 2. The van der Waals surface area contributed by atoms with Crippen LogP contribution in [0.25, 0.3) is 0 Å². The number of carbonyl (C=O) groups is 3. The Morgan fingerprint density at radius 1 is 1.09 bits per heavy atom. The number of nitrogens with zero attached hydrogens (tertiary/aromatic N) is 1. The number of carboxylic acids is 1. The van der Waals surface area contributed by atoms with E-state index >= 15 is 0 Å². The summed E-state index contributed by atoms with van der Waals surface area (Å²) in [5.74, 6) is -1.69. The first-order valence-corrected chi connectivity index (χ1v) is 9.90. The van der Waals surface area contributed by atoms with Gasteiger partial charge in [-0.2, -0.15) is 0 Å². The molecule has 1 atom stereocenters. The number of rotatable bonds is 9. The van der Waals surface area contributed by atoms with Crippen molar-refractivity contribution in [3.05, 3.63) is 59.7 Å². The van der Waals surface area contributed by atoms with Crippen molar-refractivity contribution in [3.63, 3.8) is 0 Å². The molecule has 170 valence electrons. The number of nitrogens with two attached hydrogens (primary N) is 2. The maximum atomic E-state index is 12.7. The second-order valence-electron chi connectivity index (χ2n) is 7.44. The van der Waals surface area contributed by atoms with Gasteiger partial charge in [0.1, 0.15) is 6.04 Å². The maximum absolute atomic E-state index is 12.7. The van der Waals surface area contributed by atoms with E-state index in [9.17, 15) is 19.5 Å². The Morgan fingerprint density at radius 3 is 2.47 bits per heavy atom. The molecule has 0 aliphatic rings. The van der Waals surface area contributed by atoms with Crippen molar-refractivity contribution >= 4 is 35.3 Å². The van der Waals surface area contributed by atoms with Gasteiger partial charge in [-0.1, -0.05) is 38.1 Å². The van der Waals surface area contributed by atoms with Crippen molar-refractivity contribution in [2.45, 2.75) is 26.3 Å². The molecule has 2 aromatic rings. The third-order valence-electron chi connectivity index (χ3n) is 4.16. The van der Waals surface area contributed by atoms with Gasteiger partial charge in [0.15, 0.2) is 5.96 Å². The van der Waals surface area contributed by atoms with E-state index in [0.29, 0.717) is 16.9 Å². The van der Waals surface area contributed by atoms with Crippen LogP contribution >= 0.6 is 0 Å². The molecule has 32 heavy (non-hydrogen) atoms. The van der Waals surface area contributed by atoms with Gasteiger partial charge in [-0.15, -0.1) is 0 Å². The number of benzene rings is 2. The minimum atomic E-state index is -1.20. The number of guanidine groups is 1. The first-order valence-electron chi connectivity index (χ1n) is 9.90. The molecular formula is C22H27N5O5. The highest BCUT2D eigenvalue weighted by Gasteiger charge is 2.21. The molecule has 0 heterocycles. The van der Waals surface area contributed by atoms with Crippen LogP contribution in [-0.4, -0.2) is 41.7 Å². The number of hydrogen-bond donors (Lipinski definition) is 5. The molecule has 0 saturated carbocycles. The van der Waals surface area contributed by atoms with Crippen LogP contribution in [0.3, 0.4) is 0 Å². The van der Waals surface area contributed by atoms with Gasteiger partial charge in [0, 0.05) is 12.1 Å². The number of anilines is 1. The van der Waals surface area contributed by atoms with Gasteiger partial charge in [0.2, 0.25) is 0 Å². The van der Waals surface area contributed by atoms with Crippen LogP contribution in [0.1, 0.15) is 29.8 Å². The highest BCUT2D eigenvalue weighted by Crippen LogP contribution is 2.21. The zero-order valence-electron chi connectivity index (χ0n) is 17.9. The van der Waals surface area contributed by atoms with E-state index in [-0.39, 0.29) is 30.5 Å². The minimum absolute atomic E-state index is 0.000407. The molecule has 0 fully saturated rings. The lowest BCUT2D eigenvalue weighted by atomic mass is 10.1. The summed E-state index contributed by atoms with van der Waals surface area (Å²) in [6, 6.07) is 12.0. The Balaban J connectivity index is 2.11. The summed E-state index contributed by atoms with van der Waals surface area (Å²) in [6.45, 7) is 3.93. The second kappa shape index (κ2) is 11.3. The predicted molar refractivity (Wildman–Crippen MR) is 121 cm³/mol. The van der Waals surface area contributed by atoms with Crippen molar-refractivity contribution in [1.82, 2.24) is 5.32 Å².